The first-order chi connectivity index (χ1) is 22.6. The van der Waals surface area contributed by atoms with Crippen molar-refractivity contribution in [1.82, 2.24) is 4.57 Å². The number of fused-ring (bicyclic) bond motifs is 8. The Morgan fingerprint density at radius 2 is 0.957 bits per heavy atom. The van der Waals surface area contributed by atoms with Crippen LogP contribution >= 0.6 is 0 Å². The average molecular weight is 586 g/mol. The van der Waals surface area contributed by atoms with Crippen molar-refractivity contribution in [2.24, 2.45) is 0 Å². The summed E-state index contributed by atoms with van der Waals surface area (Å²) in [5, 5.41) is 10.3. The van der Waals surface area contributed by atoms with E-state index in [4.69, 9.17) is 0 Å². The van der Waals surface area contributed by atoms with Crippen molar-refractivity contribution in [2.45, 2.75) is 19.3 Å². The van der Waals surface area contributed by atoms with Gasteiger partial charge in [0.1, 0.15) is 0 Å². The number of para-hydroxylation sites is 2. The van der Waals surface area contributed by atoms with Gasteiger partial charge in [0.05, 0.1) is 16.7 Å². The van der Waals surface area contributed by atoms with Crippen LogP contribution in [0.5, 0.6) is 0 Å². The predicted molar refractivity (Wildman–Crippen MR) is 196 cm³/mol. The highest BCUT2D eigenvalue weighted by Gasteiger charge is 2.34. The van der Waals surface area contributed by atoms with Gasteiger partial charge in [0.2, 0.25) is 0 Å². The Bertz CT molecular complexity index is 2660. The Labute approximate surface area is 268 Å². The minimum Gasteiger partial charge on any atom is -0.309 e. The van der Waals surface area contributed by atoms with E-state index < -0.39 is 0 Å². The molecule has 1 nitrogen and oxygen atoms in total. The largest absolute Gasteiger partial charge is 0.309 e. The lowest BCUT2D eigenvalue weighted by Gasteiger charge is -2.34. The summed E-state index contributed by atoms with van der Waals surface area (Å²) in [7, 11) is 0. The summed E-state index contributed by atoms with van der Waals surface area (Å²) in [6.45, 7) is 4.73. The quantitative estimate of drug-likeness (QED) is 0.178. The molecular weight excluding hydrogens is 555 g/mol. The lowest BCUT2D eigenvalue weighted by molar-refractivity contribution is 0.630. The first-order valence-corrected chi connectivity index (χ1v) is 16.2. The van der Waals surface area contributed by atoms with Crippen LogP contribution < -0.4 is 0 Å². The first kappa shape index (κ1) is 25.6. The summed E-state index contributed by atoms with van der Waals surface area (Å²) < 4.78 is 2.50. The molecule has 0 aliphatic carbocycles. The smallest absolute Gasteiger partial charge is 0.0582 e. The van der Waals surface area contributed by atoms with Crippen molar-refractivity contribution in [3.8, 4) is 27.9 Å². The van der Waals surface area contributed by atoms with E-state index in [-0.39, 0.29) is 5.41 Å². The zero-order valence-corrected chi connectivity index (χ0v) is 25.9. The van der Waals surface area contributed by atoms with E-state index in [1.165, 1.54) is 93.2 Å². The molecule has 1 aliphatic heterocycles. The zero-order valence-electron chi connectivity index (χ0n) is 25.9. The Morgan fingerprint density at radius 3 is 1.67 bits per heavy atom. The molecule has 0 unspecified atom stereocenters. The summed E-state index contributed by atoms with van der Waals surface area (Å²) in [5.41, 5.74) is 11.7. The first-order valence-electron chi connectivity index (χ1n) is 16.2. The molecule has 10 rings (SSSR count). The summed E-state index contributed by atoms with van der Waals surface area (Å²) in [6.07, 6.45) is 0. The number of aromatic nitrogens is 1. The van der Waals surface area contributed by atoms with Crippen LogP contribution in [0, 0.1) is 0 Å². The number of nitrogens with zero attached hydrogens (tertiary/aromatic N) is 1. The van der Waals surface area contributed by atoms with Gasteiger partial charge in [-0.15, -0.1) is 0 Å². The molecule has 0 fully saturated rings. The predicted octanol–water partition coefficient (Wildman–Crippen LogP) is 12.2. The van der Waals surface area contributed by atoms with Crippen molar-refractivity contribution in [3.63, 3.8) is 0 Å². The van der Waals surface area contributed by atoms with Gasteiger partial charge in [-0.1, -0.05) is 141 Å². The second kappa shape index (κ2) is 9.19. The Hall–Kier alpha value is -5.66. The molecule has 0 bridgehead atoms. The van der Waals surface area contributed by atoms with E-state index in [0.29, 0.717) is 0 Å². The fourth-order valence-corrected chi connectivity index (χ4v) is 8.42. The van der Waals surface area contributed by atoms with Crippen LogP contribution in [0.3, 0.4) is 0 Å². The lowest BCUT2D eigenvalue weighted by Crippen LogP contribution is -2.26. The highest BCUT2D eigenvalue weighted by Crippen LogP contribution is 2.49. The van der Waals surface area contributed by atoms with E-state index in [1.54, 1.807) is 0 Å². The van der Waals surface area contributed by atoms with Gasteiger partial charge in [0.15, 0.2) is 0 Å². The third-order valence-electron chi connectivity index (χ3n) is 10.5. The molecule has 9 aromatic rings. The third-order valence-corrected chi connectivity index (χ3v) is 10.5. The van der Waals surface area contributed by atoms with E-state index in [0.717, 1.165) is 0 Å². The highest BCUT2D eigenvalue weighted by atomic mass is 15.0. The molecule has 0 amide bonds. The Balaban J connectivity index is 1.30. The molecule has 1 aliphatic rings. The molecule has 0 N–H and O–H groups in total. The van der Waals surface area contributed by atoms with Gasteiger partial charge in [-0.3, -0.25) is 0 Å². The normalized spacial score (nSPS) is 13.6. The summed E-state index contributed by atoms with van der Waals surface area (Å²) in [6, 6.07) is 56.4. The van der Waals surface area contributed by atoms with E-state index in [2.05, 4.69) is 170 Å². The van der Waals surface area contributed by atoms with Crippen LogP contribution in [0.25, 0.3) is 82.1 Å². The maximum absolute atomic E-state index is 2.50. The SMILES string of the molecule is CC1(C)c2ccccc2-n2c3ccc(-c4c5ccccc5c(-c5ccc6ccccc6c5)c5ccccc45)cc3c3cccc1c32. The van der Waals surface area contributed by atoms with Gasteiger partial charge < -0.3 is 4.57 Å². The van der Waals surface area contributed by atoms with Crippen LogP contribution in [-0.2, 0) is 5.41 Å². The van der Waals surface area contributed by atoms with Gasteiger partial charge in [0, 0.05) is 16.2 Å². The van der Waals surface area contributed by atoms with Crippen molar-refractivity contribution < 1.29 is 0 Å². The fraction of sp³-hybridized carbons (Fsp3) is 0.0667. The molecule has 8 aromatic carbocycles. The van der Waals surface area contributed by atoms with Crippen LogP contribution in [0.4, 0.5) is 0 Å². The van der Waals surface area contributed by atoms with E-state index in [9.17, 15) is 0 Å². The van der Waals surface area contributed by atoms with Crippen LogP contribution in [-0.4, -0.2) is 4.57 Å². The zero-order chi connectivity index (χ0) is 30.6. The molecule has 46 heavy (non-hydrogen) atoms. The number of hydrogen-bond donors (Lipinski definition) is 0. The monoisotopic (exact) mass is 585 g/mol. The number of benzene rings is 8. The average Bonchev–Trinajstić information content (AvgIpc) is 3.43. The Kier molecular flexibility index (Phi) is 5.12. The molecular formula is C45H31N. The highest BCUT2D eigenvalue weighted by molar-refractivity contribution is 6.23. The molecule has 0 saturated heterocycles. The molecule has 216 valence electrons. The number of rotatable bonds is 2. The van der Waals surface area contributed by atoms with Crippen LogP contribution in [0.15, 0.2) is 152 Å². The minimum atomic E-state index is -0.0751. The minimum absolute atomic E-state index is 0.0751. The van der Waals surface area contributed by atoms with Crippen molar-refractivity contribution in [1.29, 1.82) is 0 Å². The Morgan fingerprint density at radius 1 is 0.413 bits per heavy atom. The molecule has 2 heterocycles. The third kappa shape index (κ3) is 3.35. The molecule has 1 heteroatoms. The van der Waals surface area contributed by atoms with Gasteiger partial charge in [-0.2, -0.15) is 0 Å². The van der Waals surface area contributed by atoms with Gasteiger partial charge >= 0.3 is 0 Å². The van der Waals surface area contributed by atoms with Crippen LogP contribution in [0.2, 0.25) is 0 Å². The molecule has 0 spiro atoms. The van der Waals surface area contributed by atoms with E-state index >= 15 is 0 Å². The molecule has 0 saturated carbocycles. The maximum atomic E-state index is 2.50. The van der Waals surface area contributed by atoms with Gasteiger partial charge in [-0.05, 0) is 90.0 Å². The lowest BCUT2D eigenvalue weighted by atomic mass is 9.75. The molecule has 1 aromatic heterocycles. The second-order valence-corrected chi connectivity index (χ2v) is 13.3. The van der Waals surface area contributed by atoms with E-state index in [1.807, 2.05) is 0 Å². The van der Waals surface area contributed by atoms with Crippen molar-refractivity contribution in [3.05, 3.63) is 163 Å². The van der Waals surface area contributed by atoms with Crippen LogP contribution in [0.1, 0.15) is 25.0 Å². The number of hydrogen-bond acceptors (Lipinski definition) is 0. The van der Waals surface area contributed by atoms with Crippen molar-refractivity contribution in [2.75, 3.05) is 0 Å². The summed E-state index contributed by atoms with van der Waals surface area (Å²) in [4.78, 5) is 0. The standard InChI is InChI=1S/C45H31N/c1-45(2)38-19-9-10-21-41(38)46-40-25-24-31(27-37(40)36-18-11-20-39(45)44(36)46)43-34-16-7-5-14-32(34)42(33-15-6-8-17-35(33)43)30-23-22-28-12-3-4-13-29(28)26-30/h3-27H,1-2H3. The van der Waals surface area contributed by atoms with Gasteiger partial charge in [0.25, 0.3) is 0 Å². The van der Waals surface area contributed by atoms with Gasteiger partial charge in [-0.25, -0.2) is 0 Å². The molecule has 0 radical (unpaired) electrons. The summed E-state index contributed by atoms with van der Waals surface area (Å²) >= 11 is 0. The fourth-order valence-electron chi connectivity index (χ4n) is 8.42. The second-order valence-electron chi connectivity index (χ2n) is 13.3. The maximum Gasteiger partial charge on any atom is 0.0582 e. The molecule has 0 atom stereocenters. The topological polar surface area (TPSA) is 4.93 Å². The van der Waals surface area contributed by atoms with Crippen molar-refractivity contribution >= 4 is 54.1 Å². The summed E-state index contributed by atoms with van der Waals surface area (Å²) in [5.74, 6) is 0.